The van der Waals surface area contributed by atoms with Gasteiger partial charge in [-0.1, -0.05) is 12.1 Å². The first-order chi connectivity index (χ1) is 17.0. The average Bonchev–Trinajstić information content (AvgIpc) is 3.45. The molecule has 35 heavy (non-hydrogen) atoms. The van der Waals surface area contributed by atoms with Crippen LogP contribution in [0.15, 0.2) is 71.9 Å². The smallest absolute Gasteiger partial charge is 0.244 e. The van der Waals surface area contributed by atoms with Crippen molar-refractivity contribution in [2.24, 2.45) is 0 Å². The fourth-order valence-electron chi connectivity index (χ4n) is 4.46. The predicted molar refractivity (Wildman–Crippen MR) is 133 cm³/mol. The van der Waals surface area contributed by atoms with Gasteiger partial charge >= 0.3 is 0 Å². The zero-order valence-electron chi connectivity index (χ0n) is 19.6. The Balaban J connectivity index is 1.47. The maximum absolute atomic E-state index is 13.6. The van der Waals surface area contributed by atoms with Crippen molar-refractivity contribution in [3.05, 3.63) is 84.1 Å². The van der Waals surface area contributed by atoms with Gasteiger partial charge in [-0.3, -0.25) is 0 Å². The zero-order chi connectivity index (χ0) is 24.4. The van der Waals surface area contributed by atoms with Gasteiger partial charge in [0, 0.05) is 41.0 Å². The monoisotopic (exact) mass is 491 g/mol. The van der Waals surface area contributed by atoms with Gasteiger partial charge in [0.25, 0.3) is 0 Å². The van der Waals surface area contributed by atoms with Crippen molar-refractivity contribution in [2.75, 3.05) is 20.0 Å². The summed E-state index contributed by atoms with van der Waals surface area (Å²) in [5.74, 6) is 1.49. The number of hydrogen-bond acceptors (Lipinski definition) is 5. The Kier molecular flexibility index (Phi) is 6.86. The highest BCUT2D eigenvalue weighted by Gasteiger charge is 2.30. The van der Waals surface area contributed by atoms with Crippen LogP contribution in [-0.2, 0) is 28.9 Å². The topological polar surface area (TPSA) is 72.2 Å². The molecule has 0 saturated carbocycles. The number of ether oxygens (including phenoxy) is 2. The van der Waals surface area contributed by atoms with Crippen LogP contribution in [0.25, 0.3) is 22.5 Å². The van der Waals surface area contributed by atoms with Crippen molar-refractivity contribution in [1.82, 2.24) is 14.5 Å². The fourth-order valence-corrected chi connectivity index (χ4v) is 4.97. The second kappa shape index (κ2) is 10.2. The molecule has 4 aromatic rings. The van der Waals surface area contributed by atoms with E-state index in [1.807, 2.05) is 36.4 Å². The van der Waals surface area contributed by atoms with Crippen LogP contribution in [0.4, 0.5) is 4.39 Å². The number of methoxy groups -OCH3 is 1. The molecule has 1 unspecified atom stereocenters. The van der Waals surface area contributed by atoms with Crippen molar-refractivity contribution in [2.45, 2.75) is 30.5 Å². The number of halogens is 1. The largest absolute Gasteiger partial charge is 0.610 e. The van der Waals surface area contributed by atoms with Crippen LogP contribution in [-0.4, -0.2) is 39.1 Å². The minimum absolute atomic E-state index is 0.101. The Labute approximate surface area is 206 Å². The van der Waals surface area contributed by atoms with E-state index in [-0.39, 0.29) is 11.9 Å². The molecule has 180 valence electrons. The van der Waals surface area contributed by atoms with E-state index in [2.05, 4.69) is 9.55 Å². The lowest BCUT2D eigenvalue weighted by Gasteiger charge is -2.18. The van der Waals surface area contributed by atoms with Crippen LogP contribution in [0.2, 0.25) is 0 Å². The number of nitrogens with zero attached hydrogens (tertiary/aromatic N) is 3. The van der Waals surface area contributed by atoms with Gasteiger partial charge in [-0.15, -0.1) is 0 Å². The average molecular weight is 492 g/mol. The molecule has 3 heterocycles. The summed E-state index contributed by atoms with van der Waals surface area (Å²) in [4.78, 5) is 9.21. The van der Waals surface area contributed by atoms with E-state index in [0.717, 1.165) is 52.5 Å². The van der Waals surface area contributed by atoms with Gasteiger partial charge in [0.1, 0.15) is 23.6 Å². The van der Waals surface area contributed by atoms with Crippen LogP contribution in [0.5, 0.6) is 5.75 Å². The first kappa shape index (κ1) is 23.5. The van der Waals surface area contributed by atoms with Crippen LogP contribution < -0.4 is 4.74 Å². The molecule has 2 aromatic carbocycles. The summed E-state index contributed by atoms with van der Waals surface area (Å²) in [6, 6.07) is 18.1. The molecule has 2 aromatic heterocycles. The van der Waals surface area contributed by atoms with Crippen LogP contribution in [0, 0.1) is 5.82 Å². The quantitative estimate of drug-likeness (QED) is 0.317. The summed E-state index contributed by atoms with van der Waals surface area (Å²) in [5.41, 5.74) is 4.48. The van der Waals surface area contributed by atoms with Gasteiger partial charge in [-0.05, 0) is 54.4 Å². The molecular formula is C27H26FN3O3S. The summed E-state index contributed by atoms with van der Waals surface area (Å²) in [7, 11) is 1.65. The molecule has 5 rings (SSSR count). The molecule has 0 fully saturated rings. The summed E-state index contributed by atoms with van der Waals surface area (Å²) in [6.45, 7) is 1.03. The predicted octanol–water partition coefficient (Wildman–Crippen LogP) is 5.20. The van der Waals surface area contributed by atoms with Gasteiger partial charge in [0.2, 0.25) is 5.03 Å². The Bertz CT molecular complexity index is 1310. The third-order valence-electron chi connectivity index (χ3n) is 6.21. The molecular weight excluding hydrogens is 465 g/mol. The highest BCUT2D eigenvalue weighted by Crippen LogP contribution is 2.40. The number of aromatic nitrogens is 3. The minimum atomic E-state index is -1.21. The van der Waals surface area contributed by atoms with Gasteiger partial charge in [-0.25, -0.2) is 14.4 Å². The second-order valence-corrected chi connectivity index (χ2v) is 9.82. The minimum Gasteiger partial charge on any atom is -0.610 e. The summed E-state index contributed by atoms with van der Waals surface area (Å²) in [5, 5.41) is 0.508. The Morgan fingerprint density at radius 2 is 1.86 bits per heavy atom. The van der Waals surface area contributed by atoms with Gasteiger partial charge in [-0.2, -0.15) is 0 Å². The molecule has 2 atom stereocenters. The molecule has 1 aliphatic heterocycles. The Morgan fingerprint density at radius 3 is 2.57 bits per heavy atom. The molecule has 6 nitrogen and oxygen atoms in total. The lowest BCUT2D eigenvalue weighted by molar-refractivity contribution is 0.0925. The van der Waals surface area contributed by atoms with Crippen molar-refractivity contribution >= 4 is 11.2 Å². The number of hydrogen-bond donors (Lipinski definition) is 0. The van der Waals surface area contributed by atoms with E-state index in [4.69, 9.17) is 14.5 Å². The molecule has 0 bridgehead atoms. The maximum atomic E-state index is 13.6. The highest BCUT2D eigenvalue weighted by atomic mass is 32.2. The van der Waals surface area contributed by atoms with Gasteiger partial charge in [0.05, 0.1) is 37.8 Å². The number of imidazole rings is 1. The molecule has 0 amide bonds. The molecule has 1 aliphatic rings. The van der Waals surface area contributed by atoms with E-state index in [9.17, 15) is 8.94 Å². The van der Waals surface area contributed by atoms with Crippen molar-refractivity contribution in [1.29, 1.82) is 0 Å². The SMILES string of the molecule is COc1ccc(COC[C@H]2CCc3nc(-c4ccc(F)cc4)c(-c4ccnc([S+](C)[O-])c4)n32)cc1. The standard InChI is InChI=1S/C27H26FN3O3S/c1-33-23-10-3-18(4-11-23)16-34-17-22-9-12-24-30-26(19-5-7-21(28)8-6-19)27(31(22)24)20-13-14-29-25(15-20)35(2)32/h3-8,10-11,13-15,22H,9,12,16-17H2,1-2H3/t22-,35?/m1/s1. The van der Waals surface area contributed by atoms with E-state index in [1.165, 1.54) is 12.1 Å². The molecule has 0 aliphatic carbocycles. The molecule has 0 N–H and O–H groups in total. The Morgan fingerprint density at radius 1 is 1.09 bits per heavy atom. The second-order valence-electron chi connectivity index (χ2n) is 8.49. The number of aryl methyl sites for hydroxylation is 1. The van der Waals surface area contributed by atoms with E-state index in [0.29, 0.717) is 18.2 Å². The number of rotatable bonds is 8. The fraction of sp³-hybridized carbons (Fsp3) is 0.259. The van der Waals surface area contributed by atoms with Crippen LogP contribution in [0.1, 0.15) is 23.9 Å². The van der Waals surface area contributed by atoms with E-state index in [1.54, 1.807) is 31.7 Å². The summed E-state index contributed by atoms with van der Waals surface area (Å²) < 4.78 is 39.3. The van der Waals surface area contributed by atoms with Crippen LogP contribution in [0.3, 0.4) is 0 Å². The van der Waals surface area contributed by atoms with Crippen LogP contribution >= 0.6 is 0 Å². The van der Waals surface area contributed by atoms with Gasteiger partial charge in [0.15, 0.2) is 0 Å². The highest BCUT2D eigenvalue weighted by molar-refractivity contribution is 7.90. The van der Waals surface area contributed by atoms with Gasteiger partial charge < -0.3 is 18.6 Å². The first-order valence-corrected chi connectivity index (χ1v) is 13.0. The van der Waals surface area contributed by atoms with Crippen molar-refractivity contribution in [3.8, 4) is 28.3 Å². The maximum Gasteiger partial charge on any atom is 0.244 e. The van der Waals surface area contributed by atoms with Crippen molar-refractivity contribution < 1.29 is 18.4 Å². The molecule has 0 radical (unpaired) electrons. The number of pyridine rings is 1. The third-order valence-corrected chi connectivity index (χ3v) is 7.02. The first-order valence-electron chi connectivity index (χ1n) is 11.4. The molecule has 0 spiro atoms. The third kappa shape index (κ3) is 4.96. The van der Waals surface area contributed by atoms with E-state index >= 15 is 0 Å². The lowest BCUT2D eigenvalue weighted by Crippen LogP contribution is -2.13. The summed E-state index contributed by atoms with van der Waals surface area (Å²) >= 11 is -1.21. The molecule has 0 saturated heterocycles. The number of benzene rings is 2. The normalized spacial score (nSPS) is 15.7. The summed E-state index contributed by atoms with van der Waals surface area (Å²) in [6.07, 6.45) is 5.02. The lowest BCUT2D eigenvalue weighted by atomic mass is 10.0. The van der Waals surface area contributed by atoms with Crippen molar-refractivity contribution in [3.63, 3.8) is 0 Å². The number of fused-ring (bicyclic) bond motifs is 1. The Hall–Kier alpha value is -3.20. The van der Waals surface area contributed by atoms with E-state index < -0.39 is 11.2 Å². The molecule has 8 heteroatoms. The zero-order valence-corrected chi connectivity index (χ0v) is 20.4.